The molecule has 1 aromatic rings. The van der Waals surface area contributed by atoms with Crippen LogP contribution in [0.3, 0.4) is 0 Å². The van der Waals surface area contributed by atoms with Gasteiger partial charge in [0.15, 0.2) is 0 Å². The predicted molar refractivity (Wildman–Crippen MR) is 80.1 cm³/mol. The Labute approximate surface area is 129 Å². The van der Waals surface area contributed by atoms with Gasteiger partial charge in [0.25, 0.3) is 0 Å². The van der Waals surface area contributed by atoms with Crippen LogP contribution in [-0.2, 0) is 20.8 Å². The molecule has 0 atom stereocenters. The Bertz CT molecular complexity index is 571. The number of amides is 1. The monoisotopic (exact) mass is 300 g/mol. The zero-order chi connectivity index (χ0) is 15.6. The summed E-state index contributed by atoms with van der Waals surface area (Å²) in [4.78, 5) is 41.7. The number of likely N-dealkylation sites (tertiary alicyclic amines) is 1. The number of pyridine rings is 1. The van der Waals surface area contributed by atoms with Gasteiger partial charge < -0.3 is 4.90 Å². The fourth-order valence-electron chi connectivity index (χ4n) is 3.60. The lowest BCUT2D eigenvalue weighted by Crippen LogP contribution is -2.47. The minimum atomic E-state index is -0.186. The lowest BCUT2D eigenvalue weighted by molar-refractivity contribution is -0.138. The molecule has 1 aliphatic carbocycles. The number of aromatic nitrogens is 1. The zero-order valence-corrected chi connectivity index (χ0v) is 12.6. The van der Waals surface area contributed by atoms with Crippen LogP contribution in [0.15, 0.2) is 24.4 Å². The molecule has 2 aliphatic rings. The van der Waals surface area contributed by atoms with Crippen LogP contribution >= 0.6 is 0 Å². The lowest BCUT2D eigenvalue weighted by atomic mass is 9.67. The zero-order valence-electron chi connectivity index (χ0n) is 12.6. The first-order chi connectivity index (χ1) is 10.6. The topological polar surface area (TPSA) is 67.3 Å². The van der Waals surface area contributed by atoms with Gasteiger partial charge in [-0.1, -0.05) is 6.07 Å². The van der Waals surface area contributed by atoms with Crippen LogP contribution < -0.4 is 0 Å². The van der Waals surface area contributed by atoms with Crippen LogP contribution in [0.4, 0.5) is 0 Å². The van der Waals surface area contributed by atoms with Crippen LogP contribution in [0.25, 0.3) is 0 Å². The van der Waals surface area contributed by atoms with E-state index < -0.39 is 0 Å². The summed E-state index contributed by atoms with van der Waals surface area (Å²) in [7, 11) is 0. The van der Waals surface area contributed by atoms with Crippen molar-refractivity contribution >= 4 is 17.5 Å². The van der Waals surface area contributed by atoms with Crippen molar-refractivity contribution in [3.05, 3.63) is 30.1 Å². The van der Waals surface area contributed by atoms with Gasteiger partial charge in [0.1, 0.15) is 11.6 Å². The van der Waals surface area contributed by atoms with Gasteiger partial charge in [-0.3, -0.25) is 19.4 Å². The average Bonchev–Trinajstić information content (AvgIpc) is 2.47. The molecule has 5 heteroatoms. The summed E-state index contributed by atoms with van der Waals surface area (Å²) in [6.07, 6.45) is 4.60. The number of hydrogen-bond donors (Lipinski definition) is 0. The van der Waals surface area contributed by atoms with Crippen molar-refractivity contribution in [1.82, 2.24) is 9.88 Å². The fourth-order valence-corrected chi connectivity index (χ4v) is 3.60. The predicted octanol–water partition coefficient (Wildman–Crippen LogP) is 1.55. The Morgan fingerprint density at radius 2 is 1.82 bits per heavy atom. The van der Waals surface area contributed by atoms with E-state index >= 15 is 0 Å². The number of nitrogens with zero attached hydrogens (tertiary/aromatic N) is 2. The first-order valence-electron chi connectivity index (χ1n) is 7.77. The van der Waals surface area contributed by atoms with Crippen molar-refractivity contribution in [3.8, 4) is 0 Å². The maximum atomic E-state index is 12.3. The first kappa shape index (κ1) is 14.9. The number of carbonyl (C=O) groups is 3. The van der Waals surface area contributed by atoms with Crippen LogP contribution in [0, 0.1) is 5.41 Å². The molecule has 0 bridgehead atoms. The summed E-state index contributed by atoms with van der Waals surface area (Å²) in [5.41, 5.74) is 0.588. The number of Topliss-reactive ketones (excluding diaryl/α,β-unsaturated/α-hetero) is 2. The molecule has 5 nitrogen and oxygen atoms in total. The number of hydrogen-bond acceptors (Lipinski definition) is 4. The molecule has 1 aromatic heterocycles. The van der Waals surface area contributed by atoms with Crippen molar-refractivity contribution in [2.75, 3.05) is 13.1 Å². The summed E-state index contributed by atoms with van der Waals surface area (Å²) in [5, 5.41) is 0. The van der Waals surface area contributed by atoms with Gasteiger partial charge in [-0.25, -0.2) is 0 Å². The molecule has 0 aromatic carbocycles. The largest absolute Gasteiger partial charge is 0.342 e. The molecule has 2 fully saturated rings. The molecule has 1 saturated heterocycles. The van der Waals surface area contributed by atoms with Crippen molar-refractivity contribution < 1.29 is 14.4 Å². The quantitative estimate of drug-likeness (QED) is 0.777. The summed E-state index contributed by atoms with van der Waals surface area (Å²) < 4.78 is 0. The highest BCUT2D eigenvalue weighted by Gasteiger charge is 2.42. The third-order valence-electron chi connectivity index (χ3n) is 4.77. The van der Waals surface area contributed by atoms with Gasteiger partial charge in [0.05, 0.1) is 12.8 Å². The Balaban J connectivity index is 1.58. The Kier molecular flexibility index (Phi) is 4.05. The third-order valence-corrected chi connectivity index (χ3v) is 4.77. The van der Waals surface area contributed by atoms with Gasteiger partial charge >= 0.3 is 0 Å². The van der Waals surface area contributed by atoms with E-state index in [4.69, 9.17) is 0 Å². The van der Waals surface area contributed by atoms with Crippen molar-refractivity contribution in [2.45, 2.75) is 38.5 Å². The molecule has 0 N–H and O–H groups in total. The van der Waals surface area contributed by atoms with Gasteiger partial charge in [0, 0.05) is 37.8 Å². The number of ketones is 2. The van der Waals surface area contributed by atoms with Crippen molar-refractivity contribution in [2.24, 2.45) is 5.41 Å². The molecule has 116 valence electrons. The minimum absolute atomic E-state index is 0.0597. The number of rotatable bonds is 2. The second kappa shape index (κ2) is 5.99. The minimum Gasteiger partial charge on any atom is -0.342 e. The molecule has 2 heterocycles. The van der Waals surface area contributed by atoms with Crippen molar-refractivity contribution in [1.29, 1.82) is 0 Å². The van der Waals surface area contributed by atoms with Crippen LogP contribution in [0.5, 0.6) is 0 Å². The van der Waals surface area contributed by atoms with E-state index in [1.165, 1.54) is 0 Å². The van der Waals surface area contributed by atoms with E-state index in [1.54, 1.807) is 6.20 Å². The normalized spacial score (nSPS) is 21.2. The maximum Gasteiger partial charge on any atom is 0.228 e. The number of carbonyl (C=O) groups excluding carboxylic acids is 3. The van der Waals surface area contributed by atoms with Crippen molar-refractivity contribution in [3.63, 3.8) is 0 Å². The smallest absolute Gasteiger partial charge is 0.228 e. The van der Waals surface area contributed by atoms with E-state index in [9.17, 15) is 14.4 Å². The highest BCUT2D eigenvalue weighted by molar-refractivity contribution is 6.02. The fraction of sp³-hybridized carbons (Fsp3) is 0.529. The van der Waals surface area contributed by atoms with Crippen LogP contribution in [-0.4, -0.2) is 40.4 Å². The summed E-state index contributed by atoms with van der Waals surface area (Å²) in [5.74, 6) is 0.191. The second-order valence-corrected chi connectivity index (χ2v) is 6.49. The number of piperidine rings is 1. The molecule has 1 spiro atoms. The molecule has 1 amide bonds. The summed E-state index contributed by atoms with van der Waals surface area (Å²) in [6, 6.07) is 5.55. The Hall–Kier alpha value is -2.04. The molecule has 0 radical (unpaired) electrons. The van der Waals surface area contributed by atoms with E-state index in [1.807, 2.05) is 23.1 Å². The summed E-state index contributed by atoms with van der Waals surface area (Å²) in [6.45, 7) is 1.26. The van der Waals surface area contributed by atoms with Gasteiger partial charge in [-0.15, -0.1) is 0 Å². The molecule has 0 unspecified atom stereocenters. The van der Waals surface area contributed by atoms with E-state index in [0.717, 1.165) is 18.5 Å². The SMILES string of the molecule is O=C1CC(=O)CC2(CCN(C(=O)Cc3ccccn3)CC2)C1. The highest BCUT2D eigenvalue weighted by atomic mass is 16.2. The first-order valence-corrected chi connectivity index (χ1v) is 7.77. The lowest BCUT2D eigenvalue weighted by Gasteiger charge is -2.43. The van der Waals surface area contributed by atoms with E-state index in [2.05, 4.69) is 4.98 Å². The summed E-state index contributed by atoms with van der Waals surface area (Å²) >= 11 is 0. The molecule has 3 rings (SSSR count). The molecule has 22 heavy (non-hydrogen) atoms. The van der Waals surface area contributed by atoms with Gasteiger partial charge in [0.2, 0.25) is 5.91 Å². The molecular formula is C17H20N2O3. The Morgan fingerprint density at radius 3 is 2.41 bits per heavy atom. The molecular weight excluding hydrogens is 280 g/mol. The highest BCUT2D eigenvalue weighted by Crippen LogP contribution is 2.42. The Morgan fingerprint density at radius 1 is 1.14 bits per heavy atom. The van der Waals surface area contributed by atoms with Crippen LogP contribution in [0.2, 0.25) is 0 Å². The molecule has 1 aliphatic heterocycles. The van der Waals surface area contributed by atoms with Gasteiger partial charge in [-0.2, -0.15) is 0 Å². The maximum absolute atomic E-state index is 12.3. The van der Waals surface area contributed by atoms with Gasteiger partial charge in [-0.05, 0) is 30.4 Å². The van der Waals surface area contributed by atoms with E-state index in [0.29, 0.717) is 32.4 Å². The molecule has 1 saturated carbocycles. The second-order valence-electron chi connectivity index (χ2n) is 6.49. The van der Waals surface area contributed by atoms with E-state index in [-0.39, 0.29) is 29.3 Å². The van der Waals surface area contributed by atoms with Crippen LogP contribution in [0.1, 0.15) is 37.8 Å². The standard InChI is InChI=1S/C17H20N2O3/c20-14-10-15(21)12-17(11-14)4-7-19(8-5-17)16(22)9-13-3-1-2-6-18-13/h1-3,6H,4-5,7-12H2. The third kappa shape index (κ3) is 3.24. The average molecular weight is 300 g/mol.